The fourth-order valence-corrected chi connectivity index (χ4v) is 3.20. The van der Waals surface area contributed by atoms with E-state index in [1.807, 2.05) is 17.0 Å². The highest BCUT2D eigenvalue weighted by molar-refractivity contribution is 5.81. The van der Waals surface area contributed by atoms with E-state index in [1.54, 1.807) is 17.3 Å². The minimum Gasteiger partial charge on any atom is -0.378 e. The van der Waals surface area contributed by atoms with Gasteiger partial charge in [0.05, 0.1) is 19.1 Å². The molecule has 0 aromatic carbocycles. The van der Waals surface area contributed by atoms with Gasteiger partial charge in [0, 0.05) is 45.1 Å². The van der Waals surface area contributed by atoms with Crippen LogP contribution in [0.3, 0.4) is 0 Å². The van der Waals surface area contributed by atoms with Crippen molar-refractivity contribution in [2.75, 3.05) is 39.4 Å². The second-order valence-electron chi connectivity index (χ2n) is 6.24. The van der Waals surface area contributed by atoms with E-state index in [4.69, 9.17) is 4.74 Å². The maximum Gasteiger partial charge on any atom is 0.317 e. The third kappa shape index (κ3) is 4.23. The van der Waals surface area contributed by atoms with E-state index in [0.717, 1.165) is 18.4 Å². The molecule has 1 N–H and O–H groups in total. The Morgan fingerprint density at radius 3 is 2.83 bits per heavy atom. The molecule has 2 fully saturated rings. The molecule has 2 aliphatic rings. The van der Waals surface area contributed by atoms with Gasteiger partial charge in [-0.15, -0.1) is 0 Å². The molecule has 0 aliphatic carbocycles. The topological polar surface area (TPSA) is 74.8 Å². The largest absolute Gasteiger partial charge is 0.378 e. The first-order chi connectivity index (χ1) is 11.7. The molecule has 24 heavy (non-hydrogen) atoms. The molecule has 2 aliphatic heterocycles. The van der Waals surface area contributed by atoms with Crippen LogP contribution in [0.15, 0.2) is 24.5 Å². The quantitative estimate of drug-likeness (QED) is 0.891. The summed E-state index contributed by atoms with van der Waals surface area (Å²) in [5, 5.41) is 2.91. The molecule has 7 nitrogen and oxygen atoms in total. The van der Waals surface area contributed by atoms with Gasteiger partial charge in [0.15, 0.2) is 0 Å². The van der Waals surface area contributed by atoms with Gasteiger partial charge in [0.2, 0.25) is 5.91 Å². The molecule has 7 heteroatoms. The lowest BCUT2D eigenvalue weighted by molar-refractivity contribution is -0.141. The summed E-state index contributed by atoms with van der Waals surface area (Å²) in [6, 6.07) is 3.66. The summed E-state index contributed by atoms with van der Waals surface area (Å²) >= 11 is 0. The number of amides is 3. The second kappa shape index (κ2) is 8.10. The summed E-state index contributed by atoms with van der Waals surface area (Å²) < 4.78 is 5.30. The summed E-state index contributed by atoms with van der Waals surface area (Å²) in [5.41, 5.74) is 0.962. The number of ether oxygens (including phenoxy) is 1. The molecule has 1 aromatic heterocycles. The second-order valence-corrected chi connectivity index (χ2v) is 6.24. The molecule has 3 heterocycles. The zero-order valence-electron chi connectivity index (χ0n) is 13.8. The van der Waals surface area contributed by atoms with Crippen LogP contribution in [0.1, 0.15) is 18.4 Å². The van der Waals surface area contributed by atoms with Crippen LogP contribution in [0, 0.1) is 5.92 Å². The number of likely N-dealkylation sites (tertiary alicyclic amines) is 1. The van der Waals surface area contributed by atoms with Gasteiger partial charge < -0.3 is 19.9 Å². The van der Waals surface area contributed by atoms with Gasteiger partial charge in [0.1, 0.15) is 0 Å². The first-order valence-corrected chi connectivity index (χ1v) is 8.52. The SMILES string of the molecule is O=C(NCc1cccnc1)N1CCC[C@H](C(=O)N2CCOCC2)C1. The number of hydrogen-bond acceptors (Lipinski definition) is 4. The lowest BCUT2D eigenvalue weighted by Gasteiger charge is -2.36. The number of urea groups is 1. The van der Waals surface area contributed by atoms with Gasteiger partial charge in [0.25, 0.3) is 0 Å². The van der Waals surface area contributed by atoms with Gasteiger partial charge >= 0.3 is 6.03 Å². The van der Waals surface area contributed by atoms with Gasteiger partial charge in [-0.05, 0) is 24.5 Å². The predicted octanol–water partition coefficient (Wildman–Crippen LogP) is 0.862. The van der Waals surface area contributed by atoms with Crippen LogP contribution >= 0.6 is 0 Å². The number of pyridine rings is 1. The highest BCUT2D eigenvalue weighted by atomic mass is 16.5. The lowest BCUT2D eigenvalue weighted by Crippen LogP contribution is -2.51. The van der Waals surface area contributed by atoms with Gasteiger partial charge in [-0.3, -0.25) is 9.78 Å². The molecule has 0 bridgehead atoms. The van der Waals surface area contributed by atoms with E-state index in [9.17, 15) is 9.59 Å². The zero-order valence-corrected chi connectivity index (χ0v) is 13.8. The van der Waals surface area contributed by atoms with Gasteiger partial charge in [-0.2, -0.15) is 0 Å². The van der Waals surface area contributed by atoms with E-state index < -0.39 is 0 Å². The molecule has 1 atom stereocenters. The summed E-state index contributed by atoms with van der Waals surface area (Å²) in [5.74, 6) is 0.0593. The summed E-state index contributed by atoms with van der Waals surface area (Å²) in [7, 11) is 0. The smallest absolute Gasteiger partial charge is 0.317 e. The molecule has 3 amide bonds. The van der Waals surface area contributed by atoms with Crippen LogP contribution in [0.4, 0.5) is 4.79 Å². The molecule has 0 saturated carbocycles. The van der Waals surface area contributed by atoms with E-state index >= 15 is 0 Å². The van der Waals surface area contributed by atoms with Crippen LogP contribution in [0.2, 0.25) is 0 Å². The third-order valence-corrected chi connectivity index (χ3v) is 4.55. The molecule has 0 radical (unpaired) electrons. The maximum atomic E-state index is 12.6. The normalized spacial score (nSPS) is 21.4. The van der Waals surface area contributed by atoms with E-state index in [-0.39, 0.29) is 17.9 Å². The summed E-state index contributed by atoms with van der Waals surface area (Å²) in [6.07, 6.45) is 5.16. The highest BCUT2D eigenvalue weighted by Crippen LogP contribution is 2.19. The summed E-state index contributed by atoms with van der Waals surface area (Å²) in [4.78, 5) is 32.6. The average molecular weight is 332 g/mol. The molecule has 130 valence electrons. The third-order valence-electron chi connectivity index (χ3n) is 4.55. The average Bonchev–Trinajstić information content (AvgIpc) is 2.67. The highest BCUT2D eigenvalue weighted by Gasteiger charge is 2.31. The Labute approximate surface area is 142 Å². The minimum atomic E-state index is -0.113. The van der Waals surface area contributed by atoms with Crippen molar-refractivity contribution in [1.82, 2.24) is 20.1 Å². The van der Waals surface area contributed by atoms with Gasteiger partial charge in [-0.1, -0.05) is 6.07 Å². The number of carbonyl (C=O) groups is 2. The number of hydrogen-bond donors (Lipinski definition) is 1. The van der Waals surface area contributed by atoms with Crippen LogP contribution in [-0.4, -0.2) is 66.1 Å². The van der Waals surface area contributed by atoms with Crippen LogP contribution in [-0.2, 0) is 16.1 Å². The fourth-order valence-electron chi connectivity index (χ4n) is 3.20. The van der Waals surface area contributed by atoms with Gasteiger partial charge in [-0.25, -0.2) is 4.79 Å². The molecular formula is C17H24N4O3. The first-order valence-electron chi connectivity index (χ1n) is 8.52. The standard InChI is InChI=1S/C17H24N4O3/c22-16(20-7-9-24-10-8-20)15-4-2-6-21(13-15)17(23)19-12-14-3-1-5-18-11-14/h1,3,5,11,15H,2,4,6-10,12-13H2,(H,19,23)/t15-/m0/s1. The van der Waals surface area contributed by atoms with Crippen LogP contribution in [0.5, 0.6) is 0 Å². The number of morpholine rings is 1. The molecule has 0 unspecified atom stereocenters. The molecule has 2 saturated heterocycles. The number of piperidine rings is 1. The Hall–Kier alpha value is -2.15. The number of aromatic nitrogens is 1. The van der Waals surface area contributed by atoms with E-state index in [1.165, 1.54) is 0 Å². The molecule has 1 aromatic rings. The first kappa shape index (κ1) is 16.7. The summed E-state index contributed by atoms with van der Waals surface area (Å²) in [6.45, 7) is 4.17. The van der Waals surface area contributed by atoms with Crippen LogP contribution < -0.4 is 5.32 Å². The van der Waals surface area contributed by atoms with Crippen molar-refractivity contribution in [3.8, 4) is 0 Å². The van der Waals surface area contributed by atoms with Crippen LogP contribution in [0.25, 0.3) is 0 Å². The van der Waals surface area contributed by atoms with Crippen molar-refractivity contribution < 1.29 is 14.3 Å². The Balaban J connectivity index is 1.50. The van der Waals surface area contributed by atoms with E-state index in [2.05, 4.69) is 10.3 Å². The Bertz CT molecular complexity index is 560. The van der Waals surface area contributed by atoms with Crippen molar-refractivity contribution in [2.45, 2.75) is 19.4 Å². The Kier molecular flexibility index (Phi) is 5.63. The number of carbonyl (C=O) groups excluding carboxylic acids is 2. The van der Waals surface area contributed by atoms with Crippen molar-refractivity contribution in [3.05, 3.63) is 30.1 Å². The van der Waals surface area contributed by atoms with Crippen molar-refractivity contribution >= 4 is 11.9 Å². The predicted molar refractivity (Wildman–Crippen MR) is 88.2 cm³/mol. The van der Waals surface area contributed by atoms with Crippen molar-refractivity contribution in [2.24, 2.45) is 5.92 Å². The molecule has 0 spiro atoms. The lowest BCUT2D eigenvalue weighted by atomic mass is 9.96. The minimum absolute atomic E-state index is 0.0963. The number of nitrogens with one attached hydrogen (secondary N) is 1. The Morgan fingerprint density at radius 2 is 2.08 bits per heavy atom. The monoisotopic (exact) mass is 332 g/mol. The van der Waals surface area contributed by atoms with Crippen molar-refractivity contribution in [1.29, 1.82) is 0 Å². The molecular weight excluding hydrogens is 308 g/mol. The molecule has 3 rings (SSSR count). The zero-order chi connectivity index (χ0) is 16.8. The number of nitrogens with zero attached hydrogens (tertiary/aromatic N) is 3. The number of rotatable bonds is 3. The van der Waals surface area contributed by atoms with E-state index in [0.29, 0.717) is 45.9 Å². The fraction of sp³-hybridized carbons (Fsp3) is 0.588. The van der Waals surface area contributed by atoms with Crippen molar-refractivity contribution in [3.63, 3.8) is 0 Å². The maximum absolute atomic E-state index is 12.6. The Morgan fingerprint density at radius 1 is 1.25 bits per heavy atom.